The Morgan fingerprint density at radius 2 is 2.24 bits per heavy atom. The first kappa shape index (κ1) is 12.6. The maximum absolute atomic E-state index is 5.42. The molecule has 1 unspecified atom stereocenters. The molecule has 0 aromatic carbocycles. The summed E-state index contributed by atoms with van der Waals surface area (Å²) in [6.45, 7) is 9.50. The van der Waals surface area contributed by atoms with Crippen LogP contribution in [0.25, 0.3) is 0 Å². The van der Waals surface area contributed by atoms with Crippen molar-refractivity contribution >= 4 is 0 Å². The molecule has 17 heavy (non-hydrogen) atoms. The van der Waals surface area contributed by atoms with Crippen LogP contribution in [0.4, 0.5) is 0 Å². The van der Waals surface area contributed by atoms with E-state index in [4.69, 9.17) is 4.52 Å². The topological polar surface area (TPSA) is 51.0 Å². The fourth-order valence-corrected chi connectivity index (χ4v) is 2.56. The van der Waals surface area contributed by atoms with Crippen LogP contribution in [0.1, 0.15) is 64.6 Å². The highest BCUT2D eigenvalue weighted by Gasteiger charge is 2.39. The largest absolute Gasteiger partial charge is 0.339 e. The lowest BCUT2D eigenvalue weighted by Crippen LogP contribution is -2.22. The van der Waals surface area contributed by atoms with Crippen molar-refractivity contribution in [2.75, 3.05) is 0 Å². The summed E-state index contributed by atoms with van der Waals surface area (Å²) in [4.78, 5) is 4.52. The minimum absolute atomic E-state index is 0.301. The molecule has 4 nitrogen and oxygen atoms in total. The lowest BCUT2D eigenvalue weighted by molar-refractivity contribution is 0.260. The minimum atomic E-state index is 0.301. The maximum atomic E-state index is 5.42. The van der Waals surface area contributed by atoms with Gasteiger partial charge in [-0.05, 0) is 18.3 Å². The molecule has 1 N–H and O–H groups in total. The second kappa shape index (κ2) is 4.77. The summed E-state index contributed by atoms with van der Waals surface area (Å²) in [6.07, 6.45) is 3.69. The van der Waals surface area contributed by atoms with E-state index >= 15 is 0 Å². The number of hydrogen-bond acceptors (Lipinski definition) is 4. The number of rotatable bonds is 4. The monoisotopic (exact) mass is 237 g/mol. The molecular weight excluding hydrogens is 214 g/mol. The quantitative estimate of drug-likeness (QED) is 0.874. The van der Waals surface area contributed by atoms with Gasteiger partial charge in [-0.3, -0.25) is 0 Å². The number of aromatic nitrogens is 2. The predicted molar refractivity (Wildman–Crippen MR) is 66.6 cm³/mol. The molecular formula is C13H23N3O. The van der Waals surface area contributed by atoms with E-state index in [0.29, 0.717) is 23.9 Å². The molecule has 1 aliphatic rings. The highest BCUT2D eigenvalue weighted by Crippen LogP contribution is 2.48. The molecule has 1 fully saturated rings. The Morgan fingerprint density at radius 3 is 2.82 bits per heavy atom. The molecule has 0 saturated heterocycles. The number of nitrogens with zero attached hydrogens (tertiary/aromatic N) is 2. The smallest absolute Gasteiger partial charge is 0.230 e. The molecule has 0 amide bonds. The zero-order valence-electron chi connectivity index (χ0n) is 11.3. The van der Waals surface area contributed by atoms with Crippen LogP contribution >= 0.6 is 0 Å². The van der Waals surface area contributed by atoms with Crippen LogP contribution in [0.5, 0.6) is 0 Å². The maximum Gasteiger partial charge on any atom is 0.230 e. The molecule has 1 aromatic heterocycles. The molecule has 0 bridgehead atoms. The van der Waals surface area contributed by atoms with Crippen LogP contribution in [0.2, 0.25) is 0 Å². The van der Waals surface area contributed by atoms with Crippen molar-refractivity contribution in [3.63, 3.8) is 0 Å². The summed E-state index contributed by atoms with van der Waals surface area (Å²) in [7, 11) is 0. The Kier molecular flexibility index (Phi) is 3.52. The Balaban J connectivity index is 2.03. The molecule has 1 heterocycles. The van der Waals surface area contributed by atoms with Crippen LogP contribution in [0.15, 0.2) is 4.52 Å². The van der Waals surface area contributed by atoms with Gasteiger partial charge in [0.05, 0.1) is 6.54 Å². The molecule has 2 rings (SSSR count). The molecule has 96 valence electrons. The minimum Gasteiger partial charge on any atom is -0.339 e. The van der Waals surface area contributed by atoms with Crippen molar-refractivity contribution in [3.05, 3.63) is 11.7 Å². The van der Waals surface area contributed by atoms with Crippen LogP contribution in [-0.2, 0) is 6.54 Å². The molecule has 4 heteroatoms. The van der Waals surface area contributed by atoms with Gasteiger partial charge in [0.1, 0.15) is 0 Å². The van der Waals surface area contributed by atoms with Crippen LogP contribution in [0.3, 0.4) is 0 Å². The van der Waals surface area contributed by atoms with Crippen molar-refractivity contribution in [2.24, 2.45) is 5.41 Å². The van der Waals surface area contributed by atoms with Crippen LogP contribution < -0.4 is 5.32 Å². The summed E-state index contributed by atoms with van der Waals surface area (Å²) in [6, 6.07) is 0.444. The summed E-state index contributed by atoms with van der Waals surface area (Å²) < 4.78 is 5.42. The van der Waals surface area contributed by atoms with Gasteiger partial charge in [0.15, 0.2) is 5.82 Å². The van der Waals surface area contributed by atoms with E-state index in [9.17, 15) is 0 Å². The average molecular weight is 237 g/mol. The first-order chi connectivity index (χ1) is 7.99. The van der Waals surface area contributed by atoms with Crippen molar-refractivity contribution in [1.82, 2.24) is 15.5 Å². The normalized spacial score (nSPS) is 23.5. The van der Waals surface area contributed by atoms with Gasteiger partial charge in [0.2, 0.25) is 5.89 Å². The molecule has 1 saturated carbocycles. The van der Waals surface area contributed by atoms with Crippen molar-refractivity contribution in [2.45, 2.75) is 65.5 Å². The standard InChI is InChI=1S/C13H23N3O/c1-9(2)14-8-11-15-12(17-16-11)10-6-5-7-13(10,3)4/h9-10,14H,5-8H2,1-4H3. The lowest BCUT2D eigenvalue weighted by atomic mass is 9.82. The average Bonchev–Trinajstić information content (AvgIpc) is 2.80. The van der Waals surface area contributed by atoms with E-state index in [-0.39, 0.29) is 0 Å². The first-order valence-electron chi connectivity index (χ1n) is 6.55. The van der Waals surface area contributed by atoms with Gasteiger partial charge >= 0.3 is 0 Å². The van der Waals surface area contributed by atoms with Gasteiger partial charge < -0.3 is 9.84 Å². The highest BCUT2D eigenvalue weighted by molar-refractivity contribution is 5.03. The second-order valence-corrected chi connectivity index (χ2v) is 6.02. The second-order valence-electron chi connectivity index (χ2n) is 6.02. The first-order valence-corrected chi connectivity index (χ1v) is 6.55. The van der Waals surface area contributed by atoms with Crippen molar-refractivity contribution in [1.29, 1.82) is 0 Å². The SMILES string of the molecule is CC(C)NCc1noc(C2CCCC2(C)C)n1. The highest BCUT2D eigenvalue weighted by atomic mass is 16.5. The van der Waals surface area contributed by atoms with E-state index in [1.165, 1.54) is 19.3 Å². The van der Waals surface area contributed by atoms with Gasteiger partial charge in [-0.15, -0.1) is 0 Å². The zero-order chi connectivity index (χ0) is 12.5. The Labute approximate surface area is 103 Å². The Hall–Kier alpha value is -0.900. The van der Waals surface area contributed by atoms with E-state index in [1.807, 2.05) is 0 Å². The summed E-state index contributed by atoms with van der Waals surface area (Å²) in [5.74, 6) is 2.03. The summed E-state index contributed by atoms with van der Waals surface area (Å²) in [5.41, 5.74) is 0.301. The molecule has 0 radical (unpaired) electrons. The number of hydrogen-bond donors (Lipinski definition) is 1. The lowest BCUT2D eigenvalue weighted by Gasteiger charge is -2.23. The zero-order valence-corrected chi connectivity index (χ0v) is 11.3. The van der Waals surface area contributed by atoms with Crippen molar-refractivity contribution < 1.29 is 4.52 Å². The third-order valence-electron chi connectivity index (χ3n) is 3.71. The third kappa shape index (κ3) is 2.86. The van der Waals surface area contributed by atoms with Crippen molar-refractivity contribution in [3.8, 4) is 0 Å². The Morgan fingerprint density at radius 1 is 1.47 bits per heavy atom. The fourth-order valence-electron chi connectivity index (χ4n) is 2.56. The number of nitrogens with one attached hydrogen (secondary N) is 1. The molecule has 1 aliphatic carbocycles. The molecule has 0 aliphatic heterocycles. The molecule has 0 spiro atoms. The van der Waals surface area contributed by atoms with E-state index in [1.54, 1.807) is 0 Å². The van der Waals surface area contributed by atoms with Gasteiger partial charge in [-0.1, -0.05) is 39.3 Å². The van der Waals surface area contributed by atoms with E-state index in [0.717, 1.165) is 11.7 Å². The van der Waals surface area contributed by atoms with Gasteiger partial charge in [-0.25, -0.2) is 0 Å². The predicted octanol–water partition coefficient (Wildman–Crippen LogP) is 2.86. The van der Waals surface area contributed by atoms with Gasteiger partial charge in [0.25, 0.3) is 0 Å². The van der Waals surface area contributed by atoms with Crippen LogP contribution in [-0.4, -0.2) is 16.2 Å². The van der Waals surface area contributed by atoms with Gasteiger partial charge in [-0.2, -0.15) is 4.98 Å². The molecule has 1 aromatic rings. The van der Waals surface area contributed by atoms with E-state index < -0.39 is 0 Å². The Bertz CT molecular complexity index is 370. The van der Waals surface area contributed by atoms with Gasteiger partial charge in [0, 0.05) is 12.0 Å². The van der Waals surface area contributed by atoms with E-state index in [2.05, 4.69) is 43.2 Å². The van der Waals surface area contributed by atoms with Crippen LogP contribution in [0, 0.1) is 5.41 Å². The summed E-state index contributed by atoms with van der Waals surface area (Å²) in [5, 5.41) is 7.35. The fraction of sp³-hybridized carbons (Fsp3) is 0.846. The molecule has 1 atom stereocenters. The summed E-state index contributed by atoms with van der Waals surface area (Å²) >= 11 is 0. The third-order valence-corrected chi connectivity index (χ3v) is 3.71.